The summed E-state index contributed by atoms with van der Waals surface area (Å²) in [5.74, 6) is 0.972. The second-order valence-electron chi connectivity index (χ2n) is 1.67. The van der Waals surface area contributed by atoms with Crippen molar-refractivity contribution in [3.05, 3.63) is 11.2 Å². The largest absolute Gasteiger partial charge is 0.499 e. The van der Waals surface area contributed by atoms with Crippen LogP contribution in [-0.2, 0) is 9.53 Å². The minimum absolute atomic E-state index is 0.505. The van der Waals surface area contributed by atoms with Gasteiger partial charge in [-0.3, -0.25) is 0 Å². The van der Waals surface area contributed by atoms with Crippen LogP contribution < -0.4 is 0 Å². The summed E-state index contributed by atoms with van der Waals surface area (Å²) in [4.78, 5) is 11.0. The van der Waals surface area contributed by atoms with Crippen LogP contribution in [0.2, 0.25) is 0 Å². The molecule has 9 heavy (non-hydrogen) atoms. The van der Waals surface area contributed by atoms with Crippen LogP contribution in [0, 0.1) is 0 Å². The van der Waals surface area contributed by atoms with Crippen LogP contribution in [0.25, 0.3) is 0 Å². The number of aldehydes is 1. The van der Waals surface area contributed by atoms with E-state index in [9.17, 15) is 4.79 Å². The Kier molecular flexibility index (Phi) is 2.64. The molecule has 0 saturated carbocycles. The molecule has 1 heterocycles. The third-order valence-electron chi connectivity index (χ3n) is 0.988. The molecule has 0 radical (unpaired) electrons. The van der Waals surface area contributed by atoms with Crippen molar-refractivity contribution >= 4 is 18.0 Å². The lowest BCUT2D eigenvalue weighted by Gasteiger charge is -2.09. The molecule has 0 unspecified atom stereocenters. The molecule has 1 aliphatic heterocycles. The van der Waals surface area contributed by atoms with Gasteiger partial charge in [-0.1, -0.05) is 0 Å². The van der Waals surface area contributed by atoms with E-state index in [1.54, 1.807) is 18.0 Å². The maximum atomic E-state index is 9.96. The lowest BCUT2D eigenvalue weighted by molar-refractivity contribution is -0.107. The van der Waals surface area contributed by atoms with Crippen molar-refractivity contribution in [2.75, 3.05) is 12.4 Å². The third-order valence-corrected chi connectivity index (χ3v) is 1.99. The number of carbonyl (C=O) groups is 1. The lowest BCUT2D eigenvalue weighted by Crippen LogP contribution is -1.99. The summed E-state index contributed by atoms with van der Waals surface area (Å²) in [6, 6.07) is 0. The van der Waals surface area contributed by atoms with Crippen LogP contribution in [-0.4, -0.2) is 18.6 Å². The Bertz CT molecular complexity index is 131. The summed E-state index contributed by atoms with van der Waals surface area (Å²) in [5.41, 5.74) is 0. The number of ether oxygens (including phenoxy) is 1. The Labute approximate surface area is 58.3 Å². The van der Waals surface area contributed by atoms with Crippen LogP contribution in [0.15, 0.2) is 11.2 Å². The first kappa shape index (κ1) is 6.68. The molecule has 0 amide bonds. The molecule has 0 bridgehead atoms. The molecule has 1 aliphatic rings. The lowest BCUT2D eigenvalue weighted by atomic mass is 10.4. The number of hydrogen-bond donors (Lipinski definition) is 0. The highest BCUT2D eigenvalue weighted by molar-refractivity contribution is 8.03. The van der Waals surface area contributed by atoms with Gasteiger partial charge >= 0.3 is 0 Å². The van der Waals surface area contributed by atoms with Gasteiger partial charge in [-0.15, -0.1) is 11.8 Å². The Balaban J connectivity index is 2.36. The minimum atomic E-state index is 0.505. The van der Waals surface area contributed by atoms with Crippen molar-refractivity contribution in [3.8, 4) is 0 Å². The maximum absolute atomic E-state index is 9.96. The highest BCUT2D eigenvalue weighted by Crippen LogP contribution is 2.21. The van der Waals surface area contributed by atoms with Crippen LogP contribution in [0.3, 0.4) is 0 Å². The fourth-order valence-corrected chi connectivity index (χ4v) is 1.36. The molecular formula is C6H8O2S. The summed E-state index contributed by atoms with van der Waals surface area (Å²) >= 11 is 1.69. The molecule has 3 heteroatoms. The zero-order valence-electron chi connectivity index (χ0n) is 5.00. The number of hydrogen-bond acceptors (Lipinski definition) is 3. The molecule has 0 N–H and O–H groups in total. The Hall–Kier alpha value is -0.440. The van der Waals surface area contributed by atoms with Crippen molar-refractivity contribution in [2.45, 2.75) is 6.42 Å². The van der Waals surface area contributed by atoms with Gasteiger partial charge in [0.25, 0.3) is 0 Å². The Morgan fingerprint density at radius 3 is 3.33 bits per heavy atom. The molecule has 0 aromatic carbocycles. The molecule has 1 rings (SSSR count). The summed E-state index contributed by atoms with van der Waals surface area (Å²) in [7, 11) is 0. The Morgan fingerprint density at radius 2 is 2.78 bits per heavy atom. The molecule has 0 spiro atoms. The van der Waals surface area contributed by atoms with Crippen LogP contribution in [0.1, 0.15) is 6.42 Å². The van der Waals surface area contributed by atoms with Gasteiger partial charge in [0.15, 0.2) is 0 Å². The third kappa shape index (κ3) is 2.10. The topological polar surface area (TPSA) is 26.3 Å². The predicted molar refractivity (Wildman–Crippen MR) is 37.2 cm³/mol. The molecule has 2 nitrogen and oxygen atoms in total. The van der Waals surface area contributed by atoms with E-state index >= 15 is 0 Å². The second kappa shape index (κ2) is 3.56. The predicted octanol–water partition coefficient (Wildman–Crippen LogP) is 1.18. The van der Waals surface area contributed by atoms with E-state index < -0.39 is 0 Å². The van der Waals surface area contributed by atoms with E-state index in [2.05, 4.69) is 0 Å². The van der Waals surface area contributed by atoms with Gasteiger partial charge in [0, 0.05) is 17.1 Å². The van der Waals surface area contributed by atoms with Crippen LogP contribution in [0.5, 0.6) is 0 Å². The number of rotatable bonds is 2. The molecule has 0 fully saturated rings. The second-order valence-corrected chi connectivity index (χ2v) is 2.90. The monoisotopic (exact) mass is 144 g/mol. The average molecular weight is 144 g/mol. The van der Waals surface area contributed by atoms with E-state index in [4.69, 9.17) is 4.74 Å². The summed E-state index contributed by atoms with van der Waals surface area (Å²) in [6.07, 6.45) is 3.07. The SMILES string of the molecule is O=CCC1=COCCS1. The smallest absolute Gasteiger partial charge is 0.125 e. The van der Waals surface area contributed by atoms with Gasteiger partial charge in [-0.2, -0.15) is 0 Å². The van der Waals surface area contributed by atoms with Gasteiger partial charge in [-0.25, -0.2) is 0 Å². The normalized spacial score (nSPS) is 18.0. The highest BCUT2D eigenvalue weighted by atomic mass is 32.2. The number of thioether (sulfide) groups is 1. The van der Waals surface area contributed by atoms with Gasteiger partial charge in [0.05, 0.1) is 12.9 Å². The fraction of sp³-hybridized carbons (Fsp3) is 0.500. The van der Waals surface area contributed by atoms with E-state index in [-0.39, 0.29) is 0 Å². The van der Waals surface area contributed by atoms with Gasteiger partial charge in [0.1, 0.15) is 6.29 Å². The zero-order chi connectivity index (χ0) is 6.53. The van der Waals surface area contributed by atoms with Gasteiger partial charge in [-0.05, 0) is 0 Å². The molecule has 0 aromatic rings. The molecule has 0 aromatic heterocycles. The van der Waals surface area contributed by atoms with Crippen LogP contribution >= 0.6 is 11.8 Å². The maximum Gasteiger partial charge on any atom is 0.125 e. The molecule has 50 valence electrons. The average Bonchev–Trinajstić information content (AvgIpc) is 1.91. The first-order valence-corrected chi connectivity index (χ1v) is 3.79. The van der Waals surface area contributed by atoms with Crippen molar-refractivity contribution in [1.29, 1.82) is 0 Å². The molecule has 0 atom stereocenters. The van der Waals surface area contributed by atoms with E-state index in [1.165, 1.54) is 0 Å². The molecular weight excluding hydrogens is 136 g/mol. The van der Waals surface area contributed by atoms with Crippen molar-refractivity contribution in [3.63, 3.8) is 0 Å². The zero-order valence-corrected chi connectivity index (χ0v) is 5.82. The van der Waals surface area contributed by atoms with Crippen molar-refractivity contribution in [1.82, 2.24) is 0 Å². The van der Waals surface area contributed by atoms with E-state index in [0.29, 0.717) is 6.42 Å². The van der Waals surface area contributed by atoms with Crippen molar-refractivity contribution < 1.29 is 9.53 Å². The highest BCUT2D eigenvalue weighted by Gasteiger charge is 2.02. The molecule has 0 saturated heterocycles. The standard InChI is InChI=1S/C6H8O2S/c7-2-1-6-5-8-3-4-9-6/h2,5H,1,3-4H2. The number of carbonyl (C=O) groups excluding carboxylic acids is 1. The van der Waals surface area contributed by atoms with Gasteiger partial charge in [0.2, 0.25) is 0 Å². The summed E-state index contributed by atoms with van der Waals surface area (Å²) in [6.45, 7) is 0.771. The van der Waals surface area contributed by atoms with E-state index in [1.807, 2.05) is 0 Å². The quantitative estimate of drug-likeness (QED) is 0.544. The molecule has 0 aliphatic carbocycles. The number of allylic oxidation sites excluding steroid dienone is 1. The fourth-order valence-electron chi connectivity index (χ4n) is 0.596. The first-order valence-electron chi connectivity index (χ1n) is 2.80. The first-order chi connectivity index (χ1) is 4.43. The minimum Gasteiger partial charge on any atom is -0.499 e. The summed E-state index contributed by atoms with van der Waals surface area (Å²) < 4.78 is 4.99. The van der Waals surface area contributed by atoms with Gasteiger partial charge < -0.3 is 9.53 Å². The van der Waals surface area contributed by atoms with Crippen LogP contribution in [0.4, 0.5) is 0 Å². The Morgan fingerprint density at radius 1 is 1.89 bits per heavy atom. The summed E-state index contributed by atoms with van der Waals surface area (Å²) in [5, 5.41) is 0. The van der Waals surface area contributed by atoms with Crippen molar-refractivity contribution in [2.24, 2.45) is 0 Å². The van der Waals surface area contributed by atoms with E-state index in [0.717, 1.165) is 23.6 Å².